The molecular weight excluding hydrogens is 353 g/mol. The van der Waals surface area contributed by atoms with Crippen LogP contribution in [0.15, 0.2) is 48.5 Å². The van der Waals surface area contributed by atoms with Crippen LogP contribution in [-0.2, 0) is 14.3 Å². The van der Waals surface area contributed by atoms with Crippen molar-refractivity contribution >= 4 is 23.6 Å². The fraction of sp³-hybridized carbons (Fsp3) is 0.200. The van der Waals surface area contributed by atoms with Crippen molar-refractivity contribution in [2.45, 2.75) is 13.0 Å². The van der Waals surface area contributed by atoms with Crippen LogP contribution in [0.4, 0.5) is 10.1 Å². The first-order valence-corrected chi connectivity index (χ1v) is 8.36. The number of nitrogens with one attached hydrogen (secondary N) is 1. The van der Waals surface area contributed by atoms with Gasteiger partial charge in [0, 0.05) is 17.8 Å². The van der Waals surface area contributed by atoms with Gasteiger partial charge in [-0.1, -0.05) is 12.1 Å². The van der Waals surface area contributed by atoms with Crippen LogP contribution in [0.25, 0.3) is 6.08 Å². The van der Waals surface area contributed by atoms with E-state index in [0.717, 1.165) is 0 Å². The number of benzene rings is 2. The van der Waals surface area contributed by atoms with Gasteiger partial charge in [0.1, 0.15) is 19.0 Å². The number of ether oxygens (including phenoxy) is 3. The number of hydrogen-bond acceptors (Lipinski definition) is 5. The second-order valence-corrected chi connectivity index (χ2v) is 5.81. The summed E-state index contributed by atoms with van der Waals surface area (Å²) in [5, 5.41) is 2.66. The third-order valence-electron chi connectivity index (χ3n) is 3.75. The van der Waals surface area contributed by atoms with Crippen molar-refractivity contribution in [1.82, 2.24) is 0 Å². The number of rotatable bonds is 5. The number of anilines is 1. The third-order valence-corrected chi connectivity index (χ3v) is 3.75. The fourth-order valence-corrected chi connectivity index (χ4v) is 2.37. The van der Waals surface area contributed by atoms with Gasteiger partial charge in [0.05, 0.1) is 0 Å². The molecule has 1 unspecified atom stereocenters. The number of amides is 1. The van der Waals surface area contributed by atoms with E-state index in [1.807, 2.05) is 0 Å². The van der Waals surface area contributed by atoms with Crippen molar-refractivity contribution in [1.29, 1.82) is 0 Å². The summed E-state index contributed by atoms with van der Waals surface area (Å²) in [6.07, 6.45) is 1.66. The minimum Gasteiger partial charge on any atom is -0.486 e. The first-order chi connectivity index (χ1) is 13.0. The van der Waals surface area contributed by atoms with Crippen molar-refractivity contribution in [3.05, 3.63) is 59.9 Å². The zero-order valence-corrected chi connectivity index (χ0v) is 14.6. The third kappa shape index (κ3) is 5.07. The van der Waals surface area contributed by atoms with Crippen molar-refractivity contribution in [3.63, 3.8) is 0 Å². The van der Waals surface area contributed by atoms with E-state index in [0.29, 0.717) is 36.0 Å². The highest BCUT2D eigenvalue weighted by Crippen LogP contribution is 2.32. The lowest BCUT2D eigenvalue weighted by Crippen LogP contribution is -2.29. The molecule has 1 amide bonds. The molecule has 7 heteroatoms. The smallest absolute Gasteiger partial charge is 0.331 e. The molecule has 140 valence electrons. The Bertz CT molecular complexity index is 863. The van der Waals surface area contributed by atoms with Gasteiger partial charge >= 0.3 is 5.97 Å². The van der Waals surface area contributed by atoms with Gasteiger partial charge in [-0.15, -0.1) is 0 Å². The molecule has 1 aliphatic rings. The van der Waals surface area contributed by atoms with Gasteiger partial charge in [-0.3, -0.25) is 4.79 Å². The number of carbonyl (C=O) groups excluding carboxylic acids is 2. The van der Waals surface area contributed by atoms with Crippen LogP contribution in [0.5, 0.6) is 11.5 Å². The SMILES string of the molecule is CC(OC(=O)/C=C/c1ccc(F)cc1)C(=O)Nc1ccc2c(c1)OCCO2. The summed E-state index contributed by atoms with van der Waals surface area (Å²) in [5.74, 6) is -0.353. The summed E-state index contributed by atoms with van der Waals surface area (Å²) < 4.78 is 28.8. The quantitative estimate of drug-likeness (QED) is 0.646. The van der Waals surface area contributed by atoms with Gasteiger partial charge in [0.2, 0.25) is 0 Å². The highest BCUT2D eigenvalue weighted by Gasteiger charge is 2.18. The Balaban J connectivity index is 1.54. The standard InChI is InChI=1S/C20H18FNO5/c1-13(27-19(23)9-4-14-2-5-15(21)6-3-14)20(24)22-16-7-8-17-18(12-16)26-11-10-25-17/h2-9,12-13H,10-11H2,1H3,(H,22,24)/b9-4+. The van der Waals surface area contributed by atoms with E-state index < -0.39 is 18.0 Å². The van der Waals surface area contributed by atoms with Crippen molar-refractivity contribution in [2.75, 3.05) is 18.5 Å². The molecule has 0 saturated carbocycles. The number of esters is 1. The second-order valence-electron chi connectivity index (χ2n) is 5.81. The van der Waals surface area contributed by atoms with Gasteiger partial charge in [0.15, 0.2) is 17.6 Å². The number of hydrogen-bond donors (Lipinski definition) is 1. The van der Waals surface area contributed by atoms with Crippen LogP contribution in [0.2, 0.25) is 0 Å². The van der Waals surface area contributed by atoms with Gasteiger partial charge in [0.25, 0.3) is 5.91 Å². The Labute approximate surface area is 155 Å². The minimum atomic E-state index is -0.997. The van der Waals surface area contributed by atoms with E-state index in [1.165, 1.54) is 43.3 Å². The maximum atomic E-state index is 12.8. The number of carbonyl (C=O) groups is 2. The highest BCUT2D eigenvalue weighted by atomic mass is 19.1. The Hall–Kier alpha value is -3.35. The molecule has 0 bridgehead atoms. The summed E-state index contributed by atoms with van der Waals surface area (Å²) in [4.78, 5) is 24.0. The normalized spacial score (nSPS) is 13.9. The van der Waals surface area contributed by atoms with Crippen LogP contribution in [0.1, 0.15) is 12.5 Å². The van der Waals surface area contributed by atoms with Crippen LogP contribution in [0.3, 0.4) is 0 Å². The van der Waals surface area contributed by atoms with Gasteiger partial charge in [-0.2, -0.15) is 0 Å². The predicted molar refractivity (Wildman–Crippen MR) is 97.0 cm³/mol. The van der Waals surface area contributed by atoms with Crippen molar-refractivity contribution in [2.24, 2.45) is 0 Å². The maximum Gasteiger partial charge on any atom is 0.331 e. The minimum absolute atomic E-state index is 0.362. The first kappa shape index (κ1) is 18.4. The molecule has 1 heterocycles. The zero-order chi connectivity index (χ0) is 19.2. The Kier molecular flexibility index (Phi) is 5.71. The summed E-state index contributed by atoms with van der Waals surface area (Å²) in [6.45, 7) is 2.40. The summed E-state index contributed by atoms with van der Waals surface area (Å²) in [7, 11) is 0. The monoisotopic (exact) mass is 371 g/mol. The van der Waals surface area contributed by atoms with Crippen LogP contribution >= 0.6 is 0 Å². The van der Waals surface area contributed by atoms with Crippen LogP contribution < -0.4 is 14.8 Å². The van der Waals surface area contributed by atoms with Crippen LogP contribution in [0, 0.1) is 5.82 Å². The maximum absolute atomic E-state index is 12.8. The van der Waals surface area contributed by atoms with E-state index in [2.05, 4.69) is 5.32 Å². The molecule has 0 spiro atoms. The lowest BCUT2D eigenvalue weighted by molar-refractivity contribution is -0.148. The largest absolute Gasteiger partial charge is 0.486 e. The molecule has 1 aliphatic heterocycles. The number of fused-ring (bicyclic) bond motifs is 1. The first-order valence-electron chi connectivity index (χ1n) is 8.36. The molecule has 3 rings (SSSR count). The highest BCUT2D eigenvalue weighted by molar-refractivity contribution is 5.96. The lowest BCUT2D eigenvalue weighted by atomic mass is 10.2. The lowest BCUT2D eigenvalue weighted by Gasteiger charge is -2.19. The molecule has 0 saturated heterocycles. The van der Waals surface area contributed by atoms with Gasteiger partial charge in [-0.25, -0.2) is 9.18 Å². The summed E-state index contributed by atoms with van der Waals surface area (Å²) in [6, 6.07) is 10.6. The average molecular weight is 371 g/mol. The molecule has 0 aromatic heterocycles. The molecule has 0 aliphatic carbocycles. The molecule has 2 aromatic carbocycles. The Morgan fingerprint density at radius 2 is 1.81 bits per heavy atom. The van der Waals surface area contributed by atoms with E-state index in [-0.39, 0.29) is 5.82 Å². The molecule has 0 fully saturated rings. The summed E-state index contributed by atoms with van der Waals surface area (Å²) >= 11 is 0. The molecular formula is C20H18FNO5. The fourth-order valence-electron chi connectivity index (χ4n) is 2.37. The molecule has 1 atom stereocenters. The Morgan fingerprint density at radius 3 is 2.56 bits per heavy atom. The predicted octanol–water partition coefficient (Wildman–Crippen LogP) is 3.18. The topological polar surface area (TPSA) is 73.9 Å². The van der Waals surface area contributed by atoms with E-state index in [1.54, 1.807) is 18.2 Å². The summed E-state index contributed by atoms with van der Waals surface area (Å²) in [5.41, 5.74) is 1.15. The van der Waals surface area contributed by atoms with Crippen molar-refractivity contribution in [3.8, 4) is 11.5 Å². The molecule has 2 aromatic rings. The Morgan fingerprint density at radius 1 is 1.11 bits per heavy atom. The van der Waals surface area contributed by atoms with Gasteiger partial charge < -0.3 is 19.5 Å². The van der Waals surface area contributed by atoms with E-state index in [4.69, 9.17) is 14.2 Å². The molecule has 27 heavy (non-hydrogen) atoms. The average Bonchev–Trinajstić information content (AvgIpc) is 2.67. The van der Waals surface area contributed by atoms with E-state index >= 15 is 0 Å². The zero-order valence-electron chi connectivity index (χ0n) is 14.6. The molecule has 0 radical (unpaired) electrons. The molecule has 1 N–H and O–H groups in total. The van der Waals surface area contributed by atoms with Gasteiger partial charge in [-0.05, 0) is 42.8 Å². The number of halogens is 1. The van der Waals surface area contributed by atoms with E-state index in [9.17, 15) is 14.0 Å². The van der Waals surface area contributed by atoms with Crippen molar-refractivity contribution < 1.29 is 28.2 Å². The van der Waals surface area contributed by atoms with Crippen LogP contribution in [-0.4, -0.2) is 31.2 Å². The second kappa shape index (κ2) is 8.35. The molecule has 6 nitrogen and oxygen atoms in total.